The predicted molar refractivity (Wildman–Crippen MR) is 78.4 cm³/mol. The molecule has 1 aliphatic rings. The van der Waals surface area contributed by atoms with E-state index in [1.165, 1.54) is 0 Å². The van der Waals surface area contributed by atoms with Gasteiger partial charge in [0.15, 0.2) is 0 Å². The molecule has 0 aliphatic carbocycles. The number of methoxy groups -OCH3 is 1. The first-order chi connectivity index (χ1) is 9.10. The third-order valence-electron chi connectivity index (χ3n) is 3.22. The third-order valence-corrected chi connectivity index (χ3v) is 3.71. The second-order valence-corrected chi connectivity index (χ2v) is 5.38. The van der Waals surface area contributed by atoms with Crippen LogP contribution < -0.4 is 4.90 Å². The van der Waals surface area contributed by atoms with Crippen molar-refractivity contribution in [2.75, 3.05) is 25.1 Å². The van der Waals surface area contributed by atoms with Crippen LogP contribution in [0.4, 0.5) is 5.69 Å². The fourth-order valence-corrected chi connectivity index (χ4v) is 2.58. The summed E-state index contributed by atoms with van der Waals surface area (Å²) in [7, 11) is 1.72. The fourth-order valence-electron chi connectivity index (χ4n) is 2.23. The van der Waals surface area contributed by atoms with Crippen LogP contribution in [0, 0.1) is 0 Å². The van der Waals surface area contributed by atoms with Gasteiger partial charge in [0.1, 0.15) is 0 Å². The van der Waals surface area contributed by atoms with Crippen LogP contribution in [-0.4, -0.2) is 37.4 Å². The molecule has 1 fully saturated rings. The van der Waals surface area contributed by atoms with Crippen molar-refractivity contribution >= 4 is 33.7 Å². The molecule has 0 amide bonds. The van der Waals surface area contributed by atoms with Crippen molar-refractivity contribution in [3.8, 4) is 0 Å². The quantitative estimate of drug-likeness (QED) is 0.865. The van der Waals surface area contributed by atoms with Gasteiger partial charge in [0, 0.05) is 36.4 Å². The van der Waals surface area contributed by atoms with E-state index in [0.717, 1.165) is 41.3 Å². The zero-order chi connectivity index (χ0) is 13.8. The molecule has 0 bridgehead atoms. The number of carboxylic acids is 1. The maximum Gasteiger partial charge on any atom is 0.328 e. The zero-order valence-corrected chi connectivity index (χ0v) is 12.3. The van der Waals surface area contributed by atoms with Crippen molar-refractivity contribution in [1.82, 2.24) is 0 Å². The molecule has 0 spiro atoms. The molecule has 1 unspecified atom stereocenters. The average molecular weight is 326 g/mol. The number of anilines is 1. The second-order valence-electron chi connectivity index (χ2n) is 4.47. The first-order valence-corrected chi connectivity index (χ1v) is 6.87. The van der Waals surface area contributed by atoms with Crippen molar-refractivity contribution < 1.29 is 14.6 Å². The van der Waals surface area contributed by atoms with Crippen molar-refractivity contribution in [1.29, 1.82) is 0 Å². The lowest BCUT2D eigenvalue weighted by Crippen LogP contribution is -2.22. The van der Waals surface area contributed by atoms with E-state index in [1.54, 1.807) is 13.2 Å². The first kappa shape index (κ1) is 14.1. The van der Waals surface area contributed by atoms with Crippen molar-refractivity contribution in [2.24, 2.45) is 0 Å². The Morgan fingerprint density at radius 3 is 3.00 bits per heavy atom. The van der Waals surface area contributed by atoms with E-state index in [-0.39, 0.29) is 6.10 Å². The molecule has 1 N–H and O–H groups in total. The predicted octanol–water partition coefficient (Wildman–Crippen LogP) is 2.77. The lowest BCUT2D eigenvalue weighted by molar-refractivity contribution is -0.131. The molecule has 4 nitrogen and oxygen atoms in total. The number of halogens is 1. The Bertz CT molecular complexity index is 501. The molecule has 1 atom stereocenters. The Kier molecular flexibility index (Phi) is 4.61. The summed E-state index contributed by atoms with van der Waals surface area (Å²) in [5.74, 6) is -0.940. The zero-order valence-electron chi connectivity index (χ0n) is 10.7. The normalized spacial score (nSPS) is 19.3. The van der Waals surface area contributed by atoms with Gasteiger partial charge >= 0.3 is 5.97 Å². The molecule has 0 aromatic heterocycles. The van der Waals surface area contributed by atoms with E-state index in [0.29, 0.717) is 0 Å². The van der Waals surface area contributed by atoms with Crippen molar-refractivity contribution in [3.05, 3.63) is 34.3 Å². The number of carboxylic acid groups (broad SMARTS) is 1. The van der Waals surface area contributed by atoms with Gasteiger partial charge in [0.2, 0.25) is 0 Å². The molecule has 5 heteroatoms. The topological polar surface area (TPSA) is 49.8 Å². The van der Waals surface area contributed by atoms with Gasteiger partial charge in [0.05, 0.1) is 6.10 Å². The number of ether oxygens (including phenoxy) is 1. The van der Waals surface area contributed by atoms with Crippen LogP contribution >= 0.6 is 15.9 Å². The van der Waals surface area contributed by atoms with Gasteiger partial charge in [-0.2, -0.15) is 0 Å². The maximum absolute atomic E-state index is 10.6. The molecule has 2 rings (SSSR count). The monoisotopic (exact) mass is 325 g/mol. The molecule has 19 heavy (non-hydrogen) atoms. The average Bonchev–Trinajstić information content (AvgIpc) is 2.85. The molecule has 102 valence electrons. The minimum atomic E-state index is -0.940. The van der Waals surface area contributed by atoms with Gasteiger partial charge in [-0.15, -0.1) is 0 Å². The van der Waals surface area contributed by atoms with Crippen molar-refractivity contribution in [2.45, 2.75) is 12.5 Å². The number of hydrogen-bond donors (Lipinski definition) is 1. The molecule has 1 heterocycles. The number of benzene rings is 1. The van der Waals surface area contributed by atoms with E-state index in [4.69, 9.17) is 9.84 Å². The van der Waals surface area contributed by atoms with Crippen molar-refractivity contribution in [3.63, 3.8) is 0 Å². The van der Waals surface area contributed by atoms with E-state index in [2.05, 4.69) is 20.8 Å². The molecule has 1 saturated heterocycles. The lowest BCUT2D eigenvalue weighted by atomic mass is 10.1. The summed E-state index contributed by atoms with van der Waals surface area (Å²) in [4.78, 5) is 12.9. The number of nitrogens with zero attached hydrogens (tertiary/aromatic N) is 1. The van der Waals surface area contributed by atoms with E-state index in [9.17, 15) is 4.79 Å². The fraction of sp³-hybridized carbons (Fsp3) is 0.357. The highest BCUT2D eigenvalue weighted by Crippen LogP contribution is 2.29. The van der Waals surface area contributed by atoms with Crippen LogP contribution in [0.25, 0.3) is 6.08 Å². The summed E-state index contributed by atoms with van der Waals surface area (Å²) in [5, 5.41) is 8.74. The van der Waals surface area contributed by atoms with Gasteiger partial charge in [-0.1, -0.05) is 22.0 Å². The van der Waals surface area contributed by atoms with Crippen LogP contribution in [0.15, 0.2) is 28.7 Å². The van der Waals surface area contributed by atoms with E-state index in [1.807, 2.05) is 18.2 Å². The summed E-state index contributed by atoms with van der Waals surface area (Å²) in [5.41, 5.74) is 1.94. The number of aliphatic carboxylic acids is 1. The molecule has 1 aromatic carbocycles. The van der Waals surface area contributed by atoms with Gasteiger partial charge in [0.25, 0.3) is 0 Å². The molecule has 0 radical (unpaired) electrons. The van der Waals surface area contributed by atoms with Gasteiger partial charge in [-0.05, 0) is 30.2 Å². The Hall–Kier alpha value is -1.33. The summed E-state index contributed by atoms with van der Waals surface area (Å²) in [6.45, 7) is 1.75. The third kappa shape index (κ3) is 3.58. The summed E-state index contributed by atoms with van der Waals surface area (Å²) < 4.78 is 6.35. The Labute approximate surface area is 120 Å². The summed E-state index contributed by atoms with van der Waals surface area (Å²) >= 11 is 3.46. The highest BCUT2D eigenvalue weighted by atomic mass is 79.9. The molecular weight excluding hydrogens is 310 g/mol. The molecule has 1 aliphatic heterocycles. The van der Waals surface area contributed by atoms with E-state index < -0.39 is 5.97 Å². The van der Waals surface area contributed by atoms with Crippen LogP contribution in [0.5, 0.6) is 0 Å². The summed E-state index contributed by atoms with van der Waals surface area (Å²) in [6, 6.07) is 5.84. The van der Waals surface area contributed by atoms with Gasteiger partial charge < -0.3 is 14.7 Å². The molecular formula is C14H16BrNO3. The highest BCUT2D eigenvalue weighted by molar-refractivity contribution is 9.10. The Morgan fingerprint density at radius 1 is 1.58 bits per heavy atom. The largest absolute Gasteiger partial charge is 0.478 e. The Balaban J connectivity index is 2.27. The molecule has 0 saturated carbocycles. The summed E-state index contributed by atoms with van der Waals surface area (Å²) in [6.07, 6.45) is 4.03. The minimum absolute atomic E-state index is 0.246. The standard InChI is InChI=1S/C14H16BrNO3/c1-19-12-6-7-16(9-12)13-8-11(15)4-2-10(13)3-5-14(17)18/h2-5,8,12H,6-7,9H2,1H3,(H,17,18)/b5-3+. The number of rotatable bonds is 4. The maximum atomic E-state index is 10.6. The van der Waals surface area contributed by atoms with Crippen LogP contribution in [-0.2, 0) is 9.53 Å². The molecule has 1 aromatic rings. The highest BCUT2D eigenvalue weighted by Gasteiger charge is 2.23. The second kappa shape index (κ2) is 6.21. The van der Waals surface area contributed by atoms with E-state index >= 15 is 0 Å². The number of carbonyl (C=O) groups is 1. The smallest absolute Gasteiger partial charge is 0.328 e. The number of hydrogen-bond acceptors (Lipinski definition) is 3. The Morgan fingerprint density at radius 2 is 2.37 bits per heavy atom. The first-order valence-electron chi connectivity index (χ1n) is 6.08. The van der Waals surface area contributed by atoms with Crippen LogP contribution in [0.3, 0.4) is 0 Å². The van der Waals surface area contributed by atoms with Gasteiger partial charge in [-0.25, -0.2) is 4.79 Å². The minimum Gasteiger partial charge on any atom is -0.478 e. The lowest BCUT2D eigenvalue weighted by Gasteiger charge is -2.21. The SMILES string of the molecule is COC1CCN(c2cc(Br)ccc2/C=C/C(=O)O)C1. The van der Waals surface area contributed by atoms with Crippen LogP contribution in [0.1, 0.15) is 12.0 Å². The van der Waals surface area contributed by atoms with Crippen LogP contribution in [0.2, 0.25) is 0 Å². The van der Waals surface area contributed by atoms with Gasteiger partial charge in [-0.3, -0.25) is 0 Å².